The highest BCUT2D eigenvalue weighted by atomic mass is 79.9. The number of pyridine rings is 1. The number of aromatic nitrogens is 1. The summed E-state index contributed by atoms with van der Waals surface area (Å²) in [4.78, 5) is 4.13. The third kappa shape index (κ3) is 3.75. The van der Waals surface area contributed by atoms with Crippen LogP contribution in [0.2, 0.25) is 5.02 Å². The molecule has 2 aromatic rings. The zero-order valence-electron chi connectivity index (χ0n) is 10.3. The molecule has 1 N–H and O–H groups in total. The topological polar surface area (TPSA) is 24.9 Å². The monoisotopic (exact) mass is 342 g/mol. The molecule has 1 aromatic carbocycles. The molecule has 0 saturated heterocycles. The molecule has 0 aliphatic carbocycles. The number of hydrogen-bond donors (Lipinski definition) is 1. The Balaban J connectivity index is 2.26. The maximum absolute atomic E-state index is 13.8. The van der Waals surface area contributed by atoms with Crippen molar-refractivity contribution in [2.24, 2.45) is 0 Å². The Morgan fingerprint density at radius 1 is 1.37 bits per heavy atom. The van der Waals surface area contributed by atoms with Gasteiger partial charge in [0.05, 0.1) is 0 Å². The van der Waals surface area contributed by atoms with E-state index in [-0.39, 0.29) is 11.9 Å². The van der Waals surface area contributed by atoms with Gasteiger partial charge < -0.3 is 5.32 Å². The molecule has 0 bridgehead atoms. The standard InChI is InChI=1S/C14H13BrClFN2/c1-18-14(10-4-11(15)8-19-7-10)6-9-5-12(16)2-3-13(9)17/h2-5,7-8,14,18H,6H2,1H3. The van der Waals surface area contributed by atoms with Crippen LogP contribution in [0, 0.1) is 5.82 Å². The molecule has 1 heterocycles. The number of rotatable bonds is 4. The number of nitrogens with zero attached hydrogens (tertiary/aromatic N) is 1. The van der Waals surface area contributed by atoms with Crippen LogP contribution in [0.4, 0.5) is 4.39 Å². The maximum atomic E-state index is 13.8. The van der Waals surface area contributed by atoms with E-state index in [2.05, 4.69) is 26.2 Å². The fourth-order valence-corrected chi connectivity index (χ4v) is 2.50. The zero-order chi connectivity index (χ0) is 13.8. The van der Waals surface area contributed by atoms with Crippen molar-refractivity contribution in [1.82, 2.24) is 10.3 Å². The highest BCUT2D eigenvalue weighted by molar-refractivity contribution is 9.10. The van der Waals surface area contributed by atoms with Gasteiger partial charge in [-0.1, -0.05) is 11.6 Å². The van der Waals surface area contributed by atoms with Crippen LogP contribution in [0.3, 0.4) is 0 Å². The summed E-state index contributed by atoms with van der Waals surface area (Å²) in [7, 11) is 1.84. The van der Waals surface area contributed by atoms with Crippen LogP contribution in [0.25, 0.3) is 0 Å². The first kappa shape index (κ1) is 14.4. The Hall–Kier alpha value is -0.970. The lowest BCUT2D eigenvalue weighted by atomic mass is 10.00. The largest absolute Gasteiger partial charge is 0.313 e. The molecule has 100 valence electrons. The molecule has 0 amide bonds. The van der Waals surface area contributed by atoms with E-state index >= 15 is 0 Å². The lowest BCUT2D eigenvalue weighted by Crippen LogP contribution is -2.19. The van der Waals surface area contributed by atoms with Crippen molar-refractivity contribution < 1.29 is 4.39 Å². The fraction of sp³-hybridized carbons (Fsp3) is 0.214. The summed E-state index contributed by atoms with van der Waals surface area (Å²) in [5.41, 5.74) is 1.59. The molecule has 0 saturated carbocycles. The number of hydrogen-bond acceptors (Lipinski definition) is 2. The summed E-state index contributed by atoms with van der Waals surface area (Å²) in [5.74, 6) is -0.243. The van der Waals surface area contributed by atoms with E-state index < -0.39 is 0 Å². The van der Waals surface area contributed by atoms with E-state index in [0.29, 0.717) is 17.0 Å². The molecule has 0 radical (unpaired) electrons. The molecule has 5 heteroatoms. The van der Waals surface area contributed by atoms with Crippen molar-refractivity contribution in [2.45, 2.75) is 12.5 Å². The molecule has 2 rings (SSSR count). The minimum atomic E-state index is -0.243. The fourth-order valence-electron chi connectivity index (χ4n) is 1.93. The van der Waals surface area contributed by atoms with Gasteiger partial charge in [-0.3, -0.25) is 4.98 Å². The second kappa shape index (κ2) is 6.46. The van der Waals surface area contributed by atoms with Gasteiger partial charge in [0, 0.05) is 27.9 Å². The van der Waals surface area contributed by atoms with Gasteiger partial charge in [-0.15, -0.1) is 0 Å². The summed E-state index contributed by atoms with van der Waals surface area (Å²) < 4.78 is 14.6. The third-order valence-electron chi connectivity index (χ3n) is 2.91. The van der Waals surface area contributed by atoms with E-state index in [0.717, 1.165) is 10.0 Å². The lowest BCUT2D eigenvalue weighted by molar-refractivity contribution is 0.553. The third-order valence-corrected chi connectivity index (χ3v) is 3.58. The van der Waals surface area contributed by atoms with Gasteiger partial charge in [-0.05, 0) is 64.8 Å². The number of likely N-dealkylation sites (N-methyl/N-ethyl adjacent to an activating group) is 1. The molecule has 2 nitrogen and oxygen atoms in total. The quantitative estimate of drug-likeness (QED) is 0.902. The van der Waals surface area contributed by atoms with E-state index in [1.807, 2.05) is 13.1 Å². The molecule has 0 fully saturated rings. The van der Waals surface area contributed by atoms with Crippen molar-refractivity contribution in [3.05, 3.63) is 63.1 Å². The van der Waals surface area contributed by atoms with Crippen LogP contribution in [-0.2, 0) is 6.42 Å². The number of halogens is 3. The van der Waals surface area contributed by atoms with E-state index in [1.54, 1.807) is 24.5 Å². The molecular weight excluding hydrogens is 331 g/mol. The minimum Gasteiger partial charge on any atom is -0.313 e. The van der Waals surface area contributed by atoms with Crippen LogP contribution in [0.1, 0.15) is 17.2 Å². The Labute approximate surface area is 125 Å². The van der Waals surface area contributed by atoms with Gasteiger partial charge in [0.15, 0.2) is 0 Å². The predicted octanol–water partition coefficient (Wildman–Crippen LogP) is 4.14. The Bertz CT molecular complexity index is 577. The van der Waals surface area contributed by atoms with Gasteiger partial charge in [0.2, 0.25) is 0 Å². The Kier molecular flexibility index (Phi) is 4.91. The summed E-state index contributed by atoms with van der Waals surface area (Å²) in [6.07, 6.45) is 4.01. The van der Waals surface area contributed by atoms with Crippen LogP contribution in [0.15, 0.2) is 41.1 Å². The average Bonchev–Trinajstić information content (AvgIpc) is 2.39. The Morgan fingerprint density at radius 2 is 2.16 bits per heavy atom. The minimum absolute atomic E-state index is 0.0158. The van der Waals surface area contributed by atoms with Crippen molar-refractivity contribution >= 4 is 27.5 Å². The van der Waals surface area contributed by atoms with Gasteiger partial charge in [0.1, 0.15) is 5.82 Å². The molecular formula is C14H13BrClFN2. The summed E-state index contributed by atoms with van der Waals surface area (Å²) >= 11 is 9.29. The summed E-state index contributed by atoms with van der Waals surface area (Å²) in [6.45, 7) is 0. The first-order valence-corrected chi connectivity index (χ1v) is 6.99. The van der Waals surface area contributed by atoms with Crippen molar-refractivity contribution in [3.63, 3.8) is 0 Å². The smallest absolute Gasteiger partial charge is 0.126 e. The first-order chi connectivity index (χ1) is 9.10. The van der Waals surface area contributed by atoms with Gasteiger partial charge >= 0.3 is 0 Å². The van der Waals surface area contributed by atoms with Crippen molar-refractivity contribution in [1.29, 1.82) is 0 Å². The maximum Gasteiger partial charge on any atom is 0.126 e. The zero-order valence-corrected chi connectivity index (χ0v) is 12.7. The van der Waals surface area contributed by atoms with E-state index in [1.165, 1.54) is 6.07 Å². The average molecular weight is 344 g/mol. The van der Waals surface area contributed by atoms with Crippen LogP contribution < -0.4 is 5.32 Å². The normalized spacial score (nSPS) is 12.4. The molecule has 1 atom stereocenters. The van der Waals surface area contributed by atoms with Crippen molar-refractivity contribution in [2.75, 3.05) is 7.05 Å². The van der Waals surface area contributed by atoms with Gasteiger partial charge in [-0.2, -0.15) is 0 Å². The molecule has 1 aromatic heterocycles. The summed E-state index contributed by atoms with van der Waals surface area (Å²) in [5, 5.41) is 3.71. The summed E-state index contributed by atoms with van der Waals surface area (Å²) in [6, 6.07) is 6.56. The highest BCUT2D eigenvalue weighted by Gasteiger charge is 2.14. The van der Waals surface area contributed by atoms with Crippen LogP contribution in [-0.4, -0.2) is 12.0 Å². The van der Waals surface area contributed by atoms with Crippen LogP contribution in [0.5, 0.6) is 0 Å². The Morgan fingerprint density at radius 3 is 2.84 bits per heavy atom. The molecule has 0 aliphatic heterocycles. The van der Waals surface area contributed by atoms with E-state index in [9.17, 15) is 4.39 Å². The highest BCUT2D eigenvalue weighted by Crippen LogP contribution is 2.23. The van der Waals surface area contributed by atoms with Gasteiger partial charge in [0.25, 0.3) is 0 Å². The SMILES string of the molecule is CNC(Cc1cc(Cl)ccc1F)c1cncc(Br)c1. The predicted molar refractivity (Wildman–Crippen MR) is 78.9 cm³/mol. The lowest BCUT2D eigenvalue weighted by Gasteiger charge is -2.17. The molecule has 0 spiro atoms. The number of benzene rings is 1. The second-order valence-electron chi connectivity index (χ2n) is 4.22. The van der Waals surface area contributed by atoms with E-state index in [4.69, 9.17) is 11.6 Å². The first-order valence-electron chi connectivity index (χ1n) is 5.82. The van der Waals surface area contributed by atoms with Crippen molar-refractivity contribution in [3.8, 4) is 0 Å². The molecule has 0 aliphatic rings. The second-order valence-corrected chi connectivity index (χ2v) is 5.57. The molecule has 19 heavy (non-hydrogen) atoms. The molecule has 1 unspecified atom stereocenters. The van der Waals surface area contributed by atoms with Crippen LogP contribution >= 0.6 is 27.5 Å². The number of nitrogens with one attached hydrogen (secondary N) is 1. The van der Waals surface area contributed by atoms with Gasteiger partial charge in [-0.25, -0.2) is 4.39 Å².